The van der Waals surface area contributed by atoms with Crippen molar-refractivity contribution < 1.29 is 13.2 Å². The van der Waals surface area contributed by atoms with Crippen molar-refractivity contribution in [1.29, 1.82) is 0 Å². The van der Waals surface area contributed by atoms with Gasteiger partial charge in [0.15, 0.2) is 0 Å². The van der Waals surface area contributed by atoms with Gasteiger partial charge in [-0.05, 0) is 44.6 Å². The van der Waals surface area contributed by atoms with E-state index in [4.69, 9.17) is 4.74 Å². The first-order valence-electron chi connectivity index (χ1n) is 7.24. The van der Waals surface area contributed by atoms with Crippen LogP contribution < -0.4 is 5.32 Å². The summed E-state index contributed by atoms with van der Waals surface area (Å²) < 4.78 is 30.3. The highest BCUT2D eigenvalue weighted by molar-refractivity contribution is 7.88. The zero-order valence-corrected chi connectivity index (χ0v) is 12.8. The summed E-state index contributed by atoms with van der Waals surface area (Å²) in [6, 6.07) is 0. The second kappa shape index (κ2) is 6.52. The lowest BCUT2D eigenvalue weighted by molar-refractivity contribution is 0.105. The van der Waals surface area contributed by atoms with E-state index >= 15 is 0 Å². The monoisotopic (exact) mass is 290 g/mol. The molecule has 0 aromatic carbocycles. The number of piperidine rings is 1. The summed E-state index contributed by atoms with van der Waals surface area (Å²) in [5.74, 6) is 1.05. The SMILES string of the molecule is CC1OCCC1CNCC1CCCN(S(C)(=O)=O)C1. The average molecular weight is 290 g/mol. The predicted molar refractivity (Wildman–Crippen MR) is 75.5 cm³/mol. The maximum absolute atomic E-state index is 11.5. The van der Waals surface area contributed by atoms with Gasteiger partial charge in [0, 0.05) is 26.2 Å². The van der Waals surface area contributed by atoms with Crippen LogP contribution in [0.5, 0.6) is 0 Å². The number of rotatable bonds is 5. The van der Waals surface area contributed by atoms with Gasteiger partial charge in [0.1, 0.15) is 0 Å². The highest BCUT2D eigenvalue weighted by Crippen LogP contribution is 2.20. The van der Waals surface area contributed by atoms with Crippen molar-refractivity contribution in [2.75, 3.05) is 39.0 Å². The summed E-state index contributed by atoms with van der Waals surface area (Å²) >= 11 is 0. The first-order chi connectivity index (χ1) is 8.97. The molecule has 0 amide bonds. The topological polar surface area (TPSA) is 58.6 Å². The van der Waals surface area contributed by atoms with Crippen LogP contribution in [0, 0.1) is 11.8 Å². The molecule has 0 spiro atoms. The van der Waals surface area contributed by atoms with Gasteiger partial charge in [-0.3, -0.25) is 0 Å². The summed E-state index contributed by atoms with van der Waals surface area (Å²) in [5.41, 5.74) is 0. The molecule has 19 heavy (non-hydrogen) atoms. The van der Waals surface area contributed by atoms with Gasteiger partial charge in [0.2, 0.25) is 10.0 Å². The normalized spacial score (nSPS) is 33.7. The Hall–Kier alpha value is -0.170. The molecule has 112 valence electrons. The van der Waals surface area contributed by atoms with E-state index in [1.54, 1.807) is 4.31 Å². The predicted octanol–water partition coefficient (Wildman–Crippen LogP) is 0.673. The third-order valence-corrected chi connectivity index (χ3v) is 5.59. The van der Waals surface area contributed by atoms with Crippen LogP contribution >= 0.6 is 0 Å². The molecule has 2 saturated heterocycles. The minimum absolute atomic E-state index is 0.353. The Kier molecular flexibility index (Phi) is 5.22. The summed E-state index contributed by atoms with van der Waals surface area (Å²) in [6.45, 7) is 6.25. The third kappa shape index (κ3) is 4.41. The summed E-state index contributed by atoms with van der Waals surface area (Å²) in [7, 11) is -3.02. The van der Waals surface area contributed by atoms with E-state index in [1.807, 2.05) is 0 Å². The van der Waals surface area contributed by atoms with Gasteiger partial charge in [-0.15, -0.1) is 0 Å². The van der Waals surface area contributed by atoms with E-state index in [-0.39, 0.29) is 0 Å². The highest BCUT2D eigenvalue weighted by atomic mass is 32.2. The third-order valence-electron chi connectivity index (χ3n) is 4.32. The molecule has 5 nitrogen and oxygen atoms in total. The van der Waals surface area contributed by atoms with E-state index in [2.05, 4.69) is 12.2 Å². The molecular formula is C13H26N2O3S. The van der Waals surface area contributed by atoms with Gasteiger partial charge in [-0.1, -0.05) is 0 Å². The van der Waals surface area contributed by atoms with Crippen molar-refractivity contribution in [3.8, 4) is 0 Å². The van der Waals surface area contributed by atoms with E-state index in [1.165, 1.54) is 6.26 Å². The van der Waals surface area contributed by atoms with Gasteiger partial charge in [-0.2, -0.15) is 0 Å². The quantitative estimate of drug-likeness (QED) is 0.808. The van der Waals surface area contributed by atoms with Crippen molar-refractivity contribution in [2.24, 2.45) is 11.8 Å². The molecule has 0 aromatic heterocycles. The maximum atomic E-state index is 11.5. The Balaban J connectivity index is 1.71. The lowest BCUT2D eigenvalue weighted by Crippen LogP contribution is -2.43. The van der Waals surface area contributed by atoms with E-state index < -0.39 is 10.0 Å². The zero-order chi connectivity index (χ0) is 13.9. The van der Waals surface area contributed by atoms with Gasteiger partial charge in [0.25, 0.3) is 0 Å². The molecule has 2 aliphatic heterocycles. The van der Waals surface area contributed by atoms with Crippen LogP contribution in [0.1, 0.15) is 26.2 Å². The second-order valence-electron chi connectivity index (χ2n) is 5.91. The minimum Gasteiger partial charge on any atom is -0.378 e. The molecule has 0 saturated carbocycles. The van der Waals surface area contributed by atoms with Crippen LogP contribution in [0.25, 0.3) is 0 Å². The average Bonchev–Trinajstić information content (AvgIpc) is 2.75. The molecule has 6 heteroatoms. The molecule has 1 N–H and O–H groups in total. The Labute approximate surface area is 116 Å². The van der Waals surface area contributed by atoms with Gasteiger partial charge in [0.05, 0.1) is 12.4 Å². The zero-order valence-electron chi connectivity index (χ0n) is 12.0. The summed E-state index contributed by atoms with van der Waals surface area (Å²) in [6.07, 6.45) is 4.89. The molecule has 3 atom stereocenters. The van der Waals surface area contributed by atoms with Crippen molar-refractivity contribution in [1.82, 2.24) is 9.62 Å². The van der Waals surface area contributed by atoms with Crippen LogP contribution in [-0.2, 0) is 14.8 Å². The van der Waals surface area contributed by atoms with Crippen LogP contribution in [0.2, 0.25) is 0 Å². The van der Waals surface area contributed by atoms with E-state index in [0.717, 1.165) is 39.0 Å². The number of hydrogen-bond acceptors (Lipinski definition) is 4. The standard InChI is InChI=1S/C13H26N2O3S/c1-11-13(5-7-18-11)9-14-8-12-4-3-6-15(10-12)19(2,16)17/h11-14H,3-10H2,1-2H3. The van der Waals surface area contributed by atoms with Crippen molar-refractivity contribution in [2.45, 2.75) is 32.3 Å². The molecule has 0 bridgehead atoms. The van der Waals surface area contributed by atoms with Crippen LogP contribution in [0.4, 0.5) is 0 Å². The molecular weight excluding hydrogens is 264 g/mol. The van der Waals surface area contributed by atoms with Gasteiger partial charge in [-0.25, -0.2) is 12.7 Å². The largest absolute Gasteiger partial charge is 0.378 e. The molecule has 2 heterocycles. The van der Waals surface area contributed by atoms with E-state index in [0.29, 0.717) is 31.0 Å². The molecule has 0 aliphatic carbocycles. The van der Waals surface area contributed by atoms with Gasteiger partial charge < -0.3 is 10.1 Å². The molecule has 0 aromatic rings. The lowest BCUT2D eigenvalue weighted by Gasteiger charge is -2.31. The van der Waals surface area contributed by atoms with E-state index in [9.17, 15) is 8.42 Å². The minimum atomic E-state index is -3.02. The number of hydrogen-bond donors (Lipinski definition) is 1. The van der Waals surface area contributed by atoms with Gasteiger partial charge >= 0.3 is 0 Å². The Morgan fingerprint density at radius 2 is 2.11 bits per heavy atom. The van der Waals surface area contributed by atoms with Crippen LogP contribution in [-0.4, -0.2) is 57.9 Å². The highest BCUT2D eigenvalue weighted by Gasteiger charge is 2.27. The molecule has 2 aliphatic rings. The van der Waals surface area contributed by atoms with Crippen molar-refractivity contribution in [3.05, 3.63) is 0 Å². The Morgan fingerprint density at radius 3 is 2.74 bits per heavy atom. The number of ether oxygens (including phenoxy) is 1. The van der Waals surface area contributed by atoms with Crippen LogP contribution in [0.3, 0.4) is 0 Å². The Bertz CT molecular complexity index is 385. The molecule has 2 fully saturated rings. The second-order valence-corrected chi connectivity index (χ2v) is 7.89. The van der Waals surface area contributed by atoms with Crippen molar-refractivity contribution >= 4 is 10.0 Å². The molecule has 3 unspecified atom stereocenters. The molecule has 2 rings (SSSR count). The number of nitrogens with zero attached hydrogens (tertiary/aromatic N) is 1. The maximum Gasteiger partial charge on any atom is 0.211 e. The Morgan fingerprint density at radius 1 is 1.32 bits per heavy atom. The first-order valence-corrected chi connectivity index (χ1v) is 9.09. The van der Waals surface area contributed by atoms with Crippen molar-refractivity contribution in [3.63, 3.8) is 0 Å². The fraction of sp³-hybridized carbons (Fsp3) is 1.00. The first kappa shape index (κ1) is 15.2. The fourth-order valence-electron chi connectivity index (χ4n) is 3.01. The smallest absolute Gasteiger partial charge is 0.211 e. The number of sulfonamides is 1. The summed E-state index contributed by atoms with van der Waals surface area (Å²) in [4.78, 5) is 0. The van der Waals surface area contributed by atoms with Crippen LogP contribution in [0.15, 0.2) is 0 Å². The fourth-order valence-corrected chi connectivity index (χ4v) is 3.95. The summed E-state index contributed by atoms with van der Waals surface area (Å²) in [5, 5.41) is 3.50. The number of nitrogens with one attached hydrogen (secondary N) is 1. The lowest BCUT2D eigenvalue weighted by atomic mass is 9.98. The molecule has 0 radical (unpaired) electrons.